The molecule has 4 rings (SSSR count). The Labute approximate surface area is 162 Å². The van der Waals surface area contributed by atoms with Gasteiger partial charge in [0.1, 0.15) is 0 Å². The Morgan fingerprint density at radius 2 is 2.04 bits per heavy atom. The Kier molecular flexibility index (Phi) is 5.38. The first kappa shape index (κ1) is 18.0. The first-order valence-electron chi connectivity index (χ1n) is 8.98. The average molecular weight is 385 g/mol. The standard InChI is InChI=1S/C20H21ClN4O2/c21-17-7-3-6-15(10-17)19-23-20(27-24-19)22-11-18(26)13-25-9-8-14-4-1-2-5-16(14)12-25/h1-7,10,18,26H,8-9,11-13H2,(H,22,23,24). The quantitative estimate of drug-likeness (QED) is 0.679. The van der Waals surface area contributed by atoms with Gasteiger partial charge in [-0.25, -0.2) is 0 Å². The number of hydrogen-bond acceptors (Lipinski definition) is 6. The van der Waals surface area contributed by atoms with E-state index in [1.165, 1.54) is 11.1 Å². The molecule has 0 aliphatic carbocycles. The van der Waals surface area contributed by atoms with E-state index in [0.717, 1.165) is 25.1 Å². The molecule has 0 amide bonds. The number of benzene rings is 2. The fourth-order valence-corrected chi connectivity index (χ4v) is 3.51. The van der Waals surface area contributed by atoms with Gasteiger partial charge in [0, 0.05) is 36.8 Å². The predicted octanol–water partition coefficient (Wildman–Crippen LogP) is 3.22. The summed E-state index contributed by atoms with van der Waals surface area (Å²) in [6, 6.07) is 16.0. The van der Waals surface area contributed by atoms with Crippen LogP contribution >= 0.6 is 11.6 Å². The molecule has 2 aromatic carbocycles. The molecule has 7 heteroatoms. The molecule has 0 radical (unpaired) electrons. The van der Waals surface area contributed by atoms with E-state index >= 15 is 0 Å². The molecule has 1 aromatic heterocycles. The molecule has 1 aliphatic heterocycles. The summed E-state index contributed by atoms with van der Waals surface area (Å²) in [5, 5.41) is 17.9. The van der Waals surface area contributed by atoms with Gasteiger partial charge in [-0.05, 0) is 29.7 Å². The van der Waals surface area contributed by atoms with Crippen LogP contribution in [0.4, 0.5) is 6.01 Å². The largest absolute Gasteiger partial charge is 0.390 e. The van der Waals surface area contributed by atoms with Crippen LogP contribution in [0, 0.1) is 0 Å². The van der Waals surface area contributed by atoms with Crippen molar-refractivity contribution in [1.29, 1.82) is 0 Å². The fourth-order valence-electron chi connectivity index (χ4n) is 3.32. The van der Waals surface area contributed by atoms with Crippen molar-refractivity contribution >= 4 is 17.6 Å². The predicted molar refractivity (Wildman–Crippen MR) is 105 cm³/mol. The molecule has 2 heterocycles. The van der Waals surface area contributed by atoms with Gasteiger partial charge < -0.3 is 14.9 Å². The lowest BCUT2D eigenvalue weighted by Crippen LogP contribution is -2.39. The van der Waals surface area contributed by atoms with Crippen molar-refractivity contribution in [3.8, 4) is 11.4 Å². The molecule has 6 nitrogen and oxygen atoms in total. The summed E-state index contributed by atoms with van der Waals surface area (Å²) >= 11 is 5.99. The highest BCUT2D eigenvalue weighted by Gasteiger charge is 2.19. The maximum atomic E-state index is 10.4. The summed E-state index contributed by atoms with van der Waals surface area (Å²) < 4.78 is 5.21. The Bertz CT molecular complexity index is 914. The van der Waals surface area contributed by atoms with Crippen LogP contribution in [0.25, 0.3) is 11.4 Å². The van der Waals surface area contributed by atoms with Crippen molar-refractivity contribution in [2.45, 2.75) is 19.1 Å². The van der Waals surface area contributed by atoms with Gasteiger partial charge in [0.2, 0.25) is 5.82 Å². The number of β-amino-alcohol motifs (C(OH)–C–C–N with tert-alkyl or cyclic N) is 1. The van der Waals surface area contributed by atoms with E-state index in [-0.39, 0.29) is 6.01 Å². The second kappa shape index (κ2) is 8.08. The molecule has 0 saturated carbocycles. The van der Waals surface area contributed by atoms with Crippen molar-refractivity contribution in [3.05, 3.63) is 64.7 Å². The number of anilines is 1. The topological polar surface area (TPSA) is 74.4 Å². The maximum Gasteiger partial charge on any atom is 0.321 e. The second-order valence-corrected chi connectivity index (χ2v) is 7.16. The Balaban J connectivity index is 1.29. The minimum atomic E-state index is -0.531. The minimum Gasteiger partial charge on any atom is -0.390 e. The van der Waals surface area contributed by atoms with Gasteiger partial charge >= 0.3 is 6.01 Å². The van der Waals surface area contributed by atoms with Gasteiger partial charge in [-0.2, -0.15) is 4.98 Å². The average Bonchev–Trinajstić information content (AvgIpc) is 3.15. The highest BCUT2D eigenvalue weighted by molar-refractivity contribution is 6.30. The maximum absolute atomic E-state index is 10.4. The fraction of sp³-hybridized carbons (Fsp3) is 0.300. The Morgan fingerprint density at radius 3 is 2.89 bits per heavy atom. The number of aliphatic hydroxyl groups is 1. The highest BCUT2D eigenvalue weighted by atomic mass is 35.5. The Morgan fingerprint density at radius 1 is 1.19 bits per heavy atom. The molecule has 27 heavy (non-hydrogen) atoms. The van der Waals surface area contributed by atoms with Crippen LogP contribution in [0.3, 0.4) is 0 Å². The monoisotopic (exact) mass is 384 g/mol. The summed E-state index contributed by atoms with van der Waals surface area (Å²) in [6.07, 6.45) is 0.486. The Hall–Kier alpha value is -2.41. The highest BCUT2D eigenvalue weighted by Crippen LogP contribution is 2.21. The van der Waals surface area contributed by atoms with Crippen LogP contribution in [0.1, 0.15) is 11.1 Å². The van der Waals surface area contributed by atoms with Crippen LogP contribution in [-0.4, -0.2) is 45.9 Å². The van der Waals surface area contributed by atoms with Crippen LogP contribution in [0.5, 0.6) is 0 Å². The lowest BCUT2D eigenvalue weighted by atomic mass is 10.00. The summed E-state index contributed by atoms with van der Waals surface area (Å²) in [5.74, 6) is 0.460. The number of rotatable bonds is 6. The van der Waals surface area contributed by atoms with E-state index in [1.54, 1.807) is 12.1 Å². The zero-order chi connectivity index (χ0) is 18.6. The summed E-state index contributed by atoms with van der Waals surface area (Å²) in [7, 11) is 0. The molecule has 0 saturated heterocycles. The normalized spacial score (nSPS) is 15.3. The van der Waals surface area contributed by atoms with Gasteiger partial charge in [-0.3, -0.25) is 4.90 Å². The molecule has 140 valence electrons. The van der Waals surface area contributed by atoms with Gasteiger partial charge in [0.05, 0.1) is 6.10 Å². The van der Waals surface area contributed by atoms with E-state index in [4.69, 9.17) is 16.1 Å². The molecule has 3 aromatic rings. The van der Waals surface area contributed by atoms with Gasteiger partial charge in [0.25, 0.3) is 0 Å². The molecule has 0 fully saturated rings. The smallest absolute Gasteiger partial charge is 0.321 e. The number of nitrogens with zero attached hydrogens (tertiary/aromatic N) is 3. The molecule has 0 bridgehead atoms. The third-order valence-corrected chi connectivity index (χ3v) is 4.91. The van der Waals surface area contributed by atoms with Crippen LogP contribution in [-0.2, 0) is 13.0 Å². The lowest BCUT2D eigenvalue weighted by Gasteiger charge is -2.30. The number of aliphatic hydroxyl groups excluding tert-OH is 1. The van der Waals surface area contributed by atoms with Crippen molar-refractivity contribution in [3.63, 3.8) is 0 Å². The third-order valence-electron chi connectivity index (χ3n) is 4.68. The van der Waals surface area contributed by atoms with Crippen molar-refractivity contribution < 1.29 is 9.63 Å². The first-order chi connectivity index (χ1) is 13.2. The van der Waals surface area contributed by atoms with E-state index in [2.05, 4.69) is 44.6 Å². The van der Waals surface area contributed by atoms with E-state index < -0.39 is 6.10 Å². The van der Waals surface area contributed by atoms with Crippen LogP contribution < -0.4 is 5.32 Å². The van der Waals surface area contributed by atoms with Gasteiger partial charge in [-0.15, -0.1) is 0 Å². The zero-order valence-corrected chi connectivity index (χ0v) is 15.6. The third kappa shape index (κ3) is 4.47. The van der Waals surface area contributed by atoms with Gasteiger partial charge in [0.15, 0.2) is 0 Å². The van der Waals surface area contributed by atoms with Crippen LogP contribution in [0.15, 0.2) is 53.1 Å². The van der Waals surface area contributed by atoms with Crippen molar-refractivity contribution in [2.75, 3.05) is 25.0 Å². The first-order valence-corrected chi connectivity index (χ1v) is 9.36. The number of halogens is 1. The van der Waals surface area contributed by atoms with Crippen LogP contribution in [0.2, 0.25) is 5.02 Å². The van der Waals surface area contributed by atoms with E-state index in [9.17, 15) is 5.11 Å². The molecule has 1 atom stereocenters. The molecular weight excluding hydrogens is 364 g/mol. The van der Waals surface area contributed by atoms with Crippen molar-refractivity contribution in [2.24, 2.45) is 0 Å². The molecular formula is C20H21ClN4O2. The number of nitrogens with one attached hydrogen (secondary N) is 1. The number of aromatic nitrogens is 2. The summed E-state index contributed by atoms with van der Waals surface area (Å²) in [5.41, 5.74) is 3.53. The lowest BCUT2D eigenvalue weighted by molar-refractivity contribution is 0.114. The molecule has 1 aliphatic rings. The van der Waals surface area contributed by atoms with E-state index in [0.29, 0.717) is 23.9 Å². The van der Waals surface area contributed by atoms with Crippen molar-refractivity contribution in [1.82, 2.24) is 15.0 Å². The number of fused-ring (bicyclic) bond motifs is 1. The molecule has 2 N–H and O–H groups in total. The SMILES string of the molecule is OC(CNc1nc(-c2cccc(Cl)c2)no1)CN1CCc2ccccc2C1. The molecule has 0 spiro atoms. The molecule has 1 unspecified atom stereocenters. The summed E-state index contributed by atoms with van der Waals surface area (Å²) in [6.45, 7) is 2.76. The summed E-state index contributed by atoms with van der Waals surface area (Å²) in [4.78, 5) is 6.56. The zero-order valence-electron chi connectivity index (χ0n) is 14.8. The minimum absolute atomic E-state index is 0.285. The second-order valence-electron chi connectivity index (χ2n) is 6.72. The number of hydrogen-bond donors (Lipinski definition) is 2. The van der Waals surface area contributed by atoms with Gasteiger partial charge in [-0.1, -0.05) is 53.2 Å². The van der Waals surface area contributed by atoms with E-state index in [1.807, 2.05) is 12.1 Å².